The summed E-state index contributed by atoms with van der Waals surface area (Å²) in [5.41, 5.74) is 2.20. The molecule has 2 rings (SSSR count). The van der Waals surface area contributed by atoms with Crippen LogP contribution in [0.3, 0.4) is 0 Å². The number of ether oxygens (including phenoxy) is 2. The van der Waals surface area contributed by atoms with Crippen molar-refractivity contribution in [3.8, 4) is 11.5 Å². The van der Waals surface area contributed by atoms with E-state index in [2.05, 4.69) is 0 Å². The molecule has 3 nitrogen and oxygen atoms in total. The van der Waals surface area contributed by atoms with Crippen molar-refractivity contribution in [3.05, 3.63) is 58.1 Å². The van der Waals surface area contributed by atoms with Crippen LogP contribution in [0, 0.1) is 6.92 Å². The Kier molecular flexibility index (Phi) is 4.53. The Hall–Kier alpha value is -1.71. The zero-order valence-corrected chi connectivity index (χ0v) is 12.4. The van der Waals surface area contributed by atoms with Gasteiger partial charge in [0.2, 0.25) is 0 Å². The van der Waals surface area contributed by atoms with E-state index in [4.69, 9.17) is 21.1 Å². The minimum absolute atomic E-state index is 0.560. The van der Waals surface area contributed by atoms with E-state index < -0.39 is 6.10 Å². The zero-order valence-electron chi connectivity index (χ0n) is 11.7. The number of aliphatic hydroxyl groups excluding tert-OH is 1. The van der Waals surface area contributed by atoms with Gasteiger partial charge in [0.1, 0.15) is 17.6 Å². The molecule has 0 saturated carbocycles. The van der Waals surface area contributed by atoms with Gasteiger partial charge in [-0.15, -0.1) is 0 Å². The fraction of sp³-hybridized carbons (Fsp3) is 0.250. The minimum Gasteiger partial charge on any atom is -0.497 e. The monoisotopic (exact) mass is 292 g/mol. The number of hydrogen-bond acceptors (Lipinski definition) is 3. The lowest BCUT2D eigenvalue weighted by molar-refractivity contribution is 0.214. The fourth-order valence-corrected chi connectivity index (χ4v) is 2.33. The van der Waals surface area contributed by atoms with E-state index >= 15 is 0 Å². The van der Waals surface area contributed by atoms with Gasteiger partial charge >= 0.3 is 0 Å². The molecule has 4 heteroatoms. The summed E-state index contributed by atoms with van der Waals surface area (Å²) in [6, 6.07) is 10.9. The molecule has 0 fully saturated rings. The average Bonchev–Trinajstić information content (AvgIpc) is 2.48. The summed E-state index contributed by atoms with van der Waals surface area (Å²) in [6.07, 6.45) is -0.868. The van der Waals surface area contributed by atoms with Crippen molar-refractivity contribution in [3.63, 3.8) is 0 Å². The van der Waals surface area contributed by atoms with Crippen molar-refractivity contribution >= 4 is 11.6 Å². The third kappa shape index (κ3) is 2.74. The van der Waals surface area contributed by atoms with E-state index in [0.29, 0.717) is 27.6 Å². The van der Waals surface area contributed by atoms with E-state index in [1.54, 1.807) is 38.5 Å². The predicted octanol–water partition coefficient (Wildman–Crippen LogP) is 3.75. The van der Waals surface area contributed by atoms with Gasteiger partial charge in [0.15, 0.2) is 0 Å². The van der Waals surface area contributed by atoms with Crippen LogP contribution in [0.2, 0.25) is 5.02 Å². The Morgan fingerprint density at radius 1 is 1.05 bits per heavy atom. The Balaban J connectivity index is 2.51. The number of halogens is 1. The molecule has 1 unspecified atom stereocenters. The maximum absolute atomic E-state index is 10.6. The molecular formula is C16H17ClO3. The highest BCUT2D eigenvalue weighted by Crippen LogP contribution is 2.36. The minimum atomic E-state index is -0.868. The van der Waals surface area contributed by atoms with Gasteiger partial charge in [-0.25, -0.2) is 0 Å². The van der Waals surface area contributed by atoms with Crippen molar-refractivity contribution in [2.75, 3.05) is 14.2 Å². The van der Waals surface area contributed by atoms with Crippen LogP contribution >= 0.6 is 11.6 Å². The molecular weight excluding hydrogens is 276 g/mol. The van der Waals surface area contributed by atoms with E-state index in [1.165, 1.54) is 0 Å². The lowest BCUT2D eigenvalue weighted by Crippen LogP contribution is -2.04. The molecule has 106 valence electrons. The highest BCUT2D eigenvalue weighted by Gasteiger charge is 2.19. The second kappa shape index (κ2) is 6.16. The van der Waals surface area contributed by atoms with Crippen LogP contribution in [0.5, 0.6) is 11.5 Å². The third-order valence-electron chi connectivity index (χ3n) is 3.25. The first kappa shape index (κ1) is 14.7. The van der Waals surface area contributed by atoms with Crippen LogP contribution in [0.15, 0.2) is 36.4 Å². The number of rotatable bonds is 4. The molecule has 1 N–H and O–H groups in total. The summed E-state index contributed by atoms with van der Waals surface area (Å²) in [5, 5.41) is 11.2. The van der Waals surface area contributed by atoms with Gasteiger partial charge in [0.05, 0.1) is 14.2 Å². The summed E-state index contributed by atoms with van der Waals surface area (Å²) in [6.45, 7) is 1.90. The van der Waals surface area contributed by atoms with Gasteiger partial charge in [0.25, 0.3) is 0 Å². The Labute approximate surface area is 123 Å². The van der Waals surface area contributed by atoms with Crippen molar-refractivity contribution in [2.45, 2.75) is 13.0 Å². The smallest absolute Gasteiger partial charge is 0.125 e. The van der Waals surface area contributed by atoms with Crippen LogP contribution in [-0.2, 0) is 0 Å². The predicted molar refractivity (Wildman–Crippen MR) is 79.8 cm³/mol. The number of aryl methyl sites for hydroxylation is 1. The van der Waals surface area contributed by atoms with Crippen LogP contribution in [-0.4, -0.2) is 19.3 Å². The quantitative estimate of drug-likeness (QED) is 0.933. The van der Waals surface area contributed by atoms with Gasteiger partial charge in [-0.1, -0.05) is 29.8 Å². The molecule has 20 heavy (non-hydrogen) atoms. The Bertz CT molecular complexity index is 611. The Morgan fingerprint density at radius 3 is 2.45 bits per heavy atom. The van der Waals surface area contributed by atoms with Gasteiger partial charge in [0, 0.05) is 16.1 Å². The topological polar surface area (TPSA) is 38.7 Å². The van der Waals surface area contributed by atoms with E-state index in [9.17, 15) is 5.11 Å². The normalized spacial score (nSPS) is 12.1. The summed E-state index contributed by atoms with van der Waals surface area (Å²) in [5.74, 6) is 1.25. The maximum Gasteiger partial charge on any atom is 0.125 e. The van der Waals surface area contributed by atoms with Crippen molar-refractivity contribution in [1.29, 1.82) is 0 Å². The maximum atomic E-state index is 10.6. The number of hydrogen-bond donors (Lipinski definition) is 1. The Morgan fingerprint density at radius 2 is 1.80 bits per heavy atom. The second-order valence-electron chi connectivity index (χ2n) is 4.49. The van der Waals surface area contributed by atoms with Crippen LogP contribution in [0.1, 0.15) is 22.8 Å². The molecule has 0 saturated heterocycles. The largest absolute Gasteiger partial charge is 0.497 e. The summed E-state index contributed by atoms with van der Waals surface area (Å²) < 4.78 is 10.5. The van der Waals surface area contributed by atoms with E-state index in [0.717, 1.165) is 5.56 Å². The molecule has 0 spiro atoms. The van der Waals surface area contributed by atoms with Crippen LogP contribution in [0.4, 0.5) is 0 Å². The number of aliphatic hydroxyl groups is 1. The zero-order chi connectivity index (χ0) is 14.7. The molecule has 0 aromatic heterocycles. The molecule has 0 aliphatic rings. The molecule has 0 aliphatic carbocycles. The molecule has 0 bridgehead atoms. The highest BCUT2D eigenvalue weighted by atomic mass is 35.5. The number of methoxy groups -OCH3 is 2. The lowest BCUT2D eigenvalue weighted by atomic mass is 9.99. The van der Waals surface area contributed by atoms with E-state index in [-0.39, 0.29) is 0 Å². The first-order chi connectivity index (χ1) is 9.58. The molecule has 0 radical (unpaired) electrons. The standard InChI is InChI=1S/C16H17ClO3/c1-10-5-4-6-12(15(10)17)16(18)13-9-11(19-2)7-8-14(13)20-3/h4-9,16,18H,1-3H3. The molecule has 2 aromatic rings. The number of benzene rings is 2. The van der Waals surface area contributed by atoms with E-state index in [1.807, 2.05) is 19.1 Å². The van der Waals surface area contributed by atoms with Gasteiger partial charge in [-0.3, -0.25) is 0 Å². The summed E-state index contributed by atoms with van der Waals surface area (Å²) in [4.78, 5) is 0. The van der Waals surface area contributed by atoms with Gasteiger partial charge < -0.3 is 14.6 Å². The molecule has 0 amide bonds. The first-order valence-corrected chi connectivity index (χ1v) is 6.61. The molecule has 0 heterocycles. The third-order valence-corrected chi connectivity index (χ3v) is 3.76. The van der Waals surface area contributed by atoms with Crippen LogP contribution in [0.25, 0.3) is 0 Å². The molecule has 1 atom stereocenters. The van der Waals surface area contributed by atoms with Gasteiger partial charge in [-0.05, 0) is 30.7 Å². The van der Waals surface area contributed by atoms with Crippen LogP contribution < -0.4 is 9.47 Å². The summed E-state index contributed by atoms with van der Waals surface area (Å²) in [7, 11) is 3.15. The average molecular weight is 293 g/mol. The lowest BCUT2D eigenvalue weighted by Gasteiger charge is -2.18. The van der Waals surface area contributed by atoms with Crippen molar-refractivity contribution in [2.24, 2.45) is 0 Å². The van der Waals surface area contributed by atoms with Crippen molar-refractivity contribution < 1.29 is 14.6 Å². The van der Waals surface area contributed by atoms with Gasteiger partial charge in [-0.2, -0.15) is 0 Å². The fourth-order valence-electron chi connectivity index (χ4n) is 2.10. The SMILES string of the molecule is COc1ccc(OC)c(C(O)c2cccc(C)c2Cl)c1. The van der Waals surface area contributed by atoms with Crippen molar-refractivity contribution in [1.82, 2.24) is 0 Å². The summed E-state index contributed by atoms with van der Waals surface area (Å²) >= 11 is 6.28. The molecule has 2 aromatic carbocycles. The highest BCUT2D eigenvalue weighted by molar-refractivity contribution is 6.32. The molecule has 0 aliphatic heterocycles. The second-order valence-corrected chi connectivity index (χ2v) is 4.87. The first-order valence-electron chi connectivity index (χ1n) is 6.23.